The molecule has 10 nitrogen and oxygen atoms in total. The van der Waals surface area contributed by atoms with Crippen LogP contribution in [0.1, 0.15) is 24.2 Å². The van der Waals surface area contributed by atoms with Crippen molar-refractivity contribution in [2.75, 3.05) is 39.6 Å². The summed E-state index contributed by atoms with van der Waals surface area (Å²) < 4.78 is 58.0. The molecule has 0 aliphatic carbocycles. The summed E-state index contributed by atoms with van der Waals surface area (Å²) in [7, 11) is -3.85. The predicted molar refractivity (Wildman–Crippen MR) is 123 cm³/mol. The molecule has 0 aromatic heterocycles. The first-order valence-corrected chi connectivity index (χ1v) is 12.7. The molecule has 1 N–H and O–H groups in total. The van der Waals surface area contributed by atoms with E-state index in [1.807, 2.05) is 0 Å². The highest BCUT2D eigenvalue weighted by atomic mass is 32.2. The molecule has 0 heterocycles. The lowest BCUT2D eigenvalue weighted by Gasteiger charge is -2.18. The van der Waals surface area contributed by atoms with Gasteiger partial charge in [-0.3, -0.25) is 9.59 Å². The molecule has 0 saturated carbocycles. The van der Waals surface area contributed by atoms with Crippen molar-refractivity contribution in [3.63, 3.8) is 0 Å². The fourth-order valence-corrected chi connectivity index (χ4v) is 4.97. The molecule has 0 atom stereocenters. The van der Waals surface area contributed by atoms with Gasteiger partial charge in [0.2, 0.25) is 26.0 Å². The summed E-state index contributed by atoms with van der Waals surface area (Å²) in [5.74, 6) is -0.727. The van der Waals surface area contributed by atoms with E-state index in [0.717, 1.165) is 8.61 Å². The number of likely N-dealkylation sites (N-methyl/N-ethyl adjacent to an activating group) is 1. The van der Waals surface area contributed by atoms with Crippen LogP contribution in [0.4, 0.5) is 5.69 Å². The number of nitrogens with one attached hydrogen (secondary N) is 1. The van der Waals surface area contributed by atoms with E-state index in [-0.39, 0.29) is 33.6 Å². The highest BCUT2D eigenvalue weighted by Gasteiger charge is 2.25. The maximum atomic E-state index is 12.7. The quantitative estimate of drug-likeness (QED) is 0.495. The number of amides is 1. The summed E-state index contributed by atoms with van der Waals surface area (Å²) in [6.45, 7) is 2.82. The van der Waals surface area contributed by atoms with Crippen molar-refractivity contribution in [2.24, 2.45) is 0 Å². The summed E-state index contributed by atoms with van der Waals surface area (Å²) in [6, 6.07) is 9.54. The third-order valence-corrected chi connectivity index (χ3v) is 8.28. The van der Waals surface area contributed by atoms with Gasteiger partial charge in [0.15, 0.2) is 5.78 Å². The number of benzene rings is 2. The number of ketones is 1. The van der Waals surface area contributed by atoms with Gasteiger partial charge in [0.05, 0.1) is 18.0 Å². The number of carbonyl (C=O) groups is 2. The Balaban J connectivity index is 2.22. The van der Waals surface area contributed by atoms with E-state index in [2.05, 4.69) is 5.32 Å². The van der Waals surface area contributed by atoms with Gasteiger partial charge in [-0.25, -0.2) is 21.1 Å². The predicted octanol–water partition coefficient (Wildman–Crippen LogP) is 1.80. The summed E-state index contributed by atoms with van der Waals surface area (Å²) in [6.07, 6.45) is 0. The SMILES string of the molecule is CCOc1ccc(NC(=O)CN(C)S(=O)(=O)c2ccc(C(C)=O)cc2)cc1S(=O)(=O)N(C)C. The molecule has 0 bridgehead atoms. The van der Waals surface area contributed by atoms with E-state index in [9.17, 15) is 26.4 Å². The Hall–Kier alpha value is -2.80. The standard InChI is InChI=1S/C21H27N3O7S2/c1-6-31-19-12-9-17(13-20(19)33(29,30)23(3)4)22-21(26)14-24(5)32(27,28)18-10-7-16(8-11-18)15(2)25/h7-13H,6,14H2,1-5H3,(H,22,26). The molecule has 2 aromatic rings. The Kier molecular flexibility index (Phi) is 8.36. The topological polar surface area (TPSA) is 130 Å². The number of nitrogens with zero attached hydrogens (tertiary/aromatic N) is 2. The molecule has 0 fully saturated rings. The van der Waals surface area contributed by atoms with Crippen molar-refractivity contribution in [2.45, 2.75) is 23.6 Å². The lowest BCUT2D eigenvalue weighted by atomic mass is 10.2. The van der Waals surface area contributed by atoms with Gasteiger partial charge >= 0.3 is 0 Å². The maximum Gasteiger partial charge on any atom is 0.246 e. The van der Waals surface area contributed by atoms with Crippen LogP contribution in [0, 0.1) is 0 Å². The van der Waals surface area contributed by atoms with Crippen LogP contribution in [0.25, 0.3) is 0 Å². The molecule has 2 rings (SSSR count). The maximum absolute atomic E-state index is 12.7. The number of sulfonamides is 2. The number of rotatable bonds is 10. The monoisotopic (exact) mass is 497 g/mol. The number of hydrogen-bond donors (Lipinski definition) is 1. The molecular formula is C21H27N3O7S2. The zero-order chi connectivity index (χ0) is 25.0. The Morgan fingerprint density at radius 1 is 0.939 bits per heavy atom. The van der Waals surface area contributed by atoms with Gasteiger partial charge in [-0.05, 0) is 44.2 Å². The van der Waals surface area contributed by atoms with Gasteiger partial charge in [-0.15, -0.1) is 0 Å². The smallest absolute Gasteiger partial charge is 0.246 e. The fourth-order valence-electron chi connectivity index (χ4n) is 2.79. The van der Waals surface area contributed by atoms with Gasteiger partial charge in [-0.2, -0.15) is 4.31 Å². The highest BCUT2D eigenvalue weighted by molar-refractivity contribution is 7.89. The number of carbonyl (C=O) groups excluding carboxylic acids is 2. The van der Waals surface area contributed by atoms with Crippen LogP contribution in [0.15, 0.2) is 52.3 Å². The van der Waals surface area contributed by atoms with E-state index < -0.39 is 32.5 Å². The molecule has 180 valence electrons. The average Bonchev–Trinajstić information content (AvgIpc) is 2.74. The number of hydrogen-bond acceptors (Lipinski definition) is 7. The molecule has 0 saturated heterocycles. The summed E-state index contributed by atoms with van der Waals surface area (Å²) in [5, 5.41) is 2.51. The molecule has 0 radical (unpaired) electrons. The van der Waals surface area contributed by atoms with Crippen LogP contribution >= 0.6 is 0 Å². The van der Waals surface area contributed by atoms with E-state index in [1.165, 1.54) is 70.5 Å². The van der Waals surface area contributed by atoms with Crippen molar-refractivity contribution >= 4 is 37.4 Å². The van der Waals surface area contributed by atoms with Crippen LogP contribution in [-0.2, 0) is 24.8 Å². The first kappa shape index (κ1) is 26.5. The Morgan fingerprint density at radius 2 is 1.55 bits per heavy atom. The third-order valence-electron chi connectivity index (χ3n) is 4.62. The van der Waals surface area contributed by atoms with Crippen LogP contribution < -0.4 is 10.1 Å². The van der Waals surface area contributed by atoms with Gasteiger partial charge < -0.3 is 10.1 Å². The average molecular weight is 498 g/mol. The molecule has 12 heteroatoms. The molecule has 33 heavy (non-hydrogen) atoms. The molecule has 0 unspecified atom stereocenters. The summed E-state index contributed by atoms with van der Waals surface area (Å²) >= 11 is 0. The van der Waals surface area contributed by atoms with Gasteiger partial charge in [0, 0.05) is 32.4 Å². The summed E-state index contributed by atoms with van der Waals surface area (Å²) in [5.41, 5.74) is 0.536. The number of ether oxygens (including phenoxy) is 1. The van der Waals surface area contributed by atoms with Crippen LogP contribution in [0.2, 0.25) is 0 Å². The first-order valence-electron chi connectivity index (χ1n) is 9.87. The van der Waals surface area contributed by atoms with Crippen LogP contribution in [0.5, 0.6) is 5.75 Å². The third kappa shape index (κ3) is 6.16. The van der Waals surface area contributed by atoms with Crippen LogP contribution in [0.3, 0.4) is 0 Å². The van der Waals surface area contributed by atoms with Crippen molar-refractivity contribution in [1.82, 2.24) is 8.61 Å². The number of Topliss-reactive ketones (excluding diaryl/α,β-unsaturated/α-hetero) is 1. The van der Waals surface area contributed by atoms with E-state index in [4.69, 9.17) is 4.74 Å². The zero-order valence-electron chi connectivity index (χ0n) is 19.0. The molecule has 0 aliphatic rings. The Bertz CT molecular complexity index is 1240. The van der Waals surface area contributed by atoms with E-state index >= 15 is 0 Å². The lowest BCUT2D eigenvalue weighted by Crippen LogP contribution is -2.35. The minimum Gasteiger partial charge on any atom is -0.492 e. The van der Waals surface area contributed by atoms with Gasteiger partial charge in [-0.1, -0.05) is 12.1 Å². The van der Waals surface area contributed by atoms with Crippen molar-refractivity contribution in [3.8, 4) is 5.75 Å². The van der Waals surface area contributed by atoms with Crippen LogP contribution in [-0.4, -0.2) is 71.4 Å². The Labute approximate surface area is 194 Å². The van der Waals surface area contributed by atoms with E-state index in [0.29, 0.717) is 5.56 Å². The van der Waals surface area contributed by atoms with Crippen molar-refractivity contribution in [1.29, 1.82) is 0 Å². The normalized spacial score (nSPS) is 12.1. The fraction of sp³-hybridized carbons (Fsp3) is 0.333. The molecule has 1 amide bonds. The highest BCUT2D eigenvalue weighted by Crippen LogP contribution is 2.29. The lowest BCUT2D eigenvalue weighted by molar-refractivity contribution is -0.116. The van der Waals surface area contributed by atoms with Gasteiger partial charge in [0.1, 0.15) is 10.6 Å². The van der Waals surface area contributed by atoms with Crippen molar-refractivity contribution in [3.05, 3.63) is 48.0 Å². The second-order valence-corrected chi connectivity index (χ2v) is 11.4. The first-order chi connectivity index (χ1) is 15.3. The van der Waals surface area contributed by atoms with Gasteiger partial charge in [0.25, 0.3) is 0 Å². The minimum absolute atomic E-state index is 0.0665. The molecule has 0 spiro atoms. The minimum atomic E-state index is -3.99. The van der Waals surface area contributed by atoms with Crippen molar-refractivity contribution < 1.29 is 31.2 Å². The Morgan fingerprint density at radius 3 is 2.06 bits per heavy atom. The zero-order valence-corrected chi connectivity index (χ0v) is 20.7. The molecule has 2 aromatic carbocycles. The molecule has 0 aliphatic heterocycles. The second kappa shape index (κ2) is 10.4. The molecular weight excluding hydrogens is 470 g/mol. The second-order valence-electron chi connectivity index (χ2n) is 7.27. The largest absolute Gasteiger partial charge is 0.492 e. The summed E-state index contributed by atoms with van der Waals surface area (Å²) in [4.78, 5) is 23.7. The number of anilines is 1. The van der Waals surface area contributed by atoms with E-state index in [1.54, 1.807) is 6.92 Å².